The van der Waals surface area contributed by atoms with Crippen molar-refractivity contribution in [2.24, 2.45) is 0 Å². The minimum atomic E-state index is -4.75. The number of carbonyl (C=O) groups is 1. The number of benzene rings is 1. The molecule has 0 aliphatic carbocycles. The minimum absolute atomic E-state index is 0.0955. The lowest BCUT2D eigenvalue weighted by Gasteiger charge is -2.11. The first kappa shape index (κ1) is 14.6. The van der Waals surface area contributed by atoms with E-state index in [0.29, 0.717) is 5.69 Å². The molecule has 1 N–H and O–H groups in total. The van der Waals surface area contributed by atoms with E-state index in [-0.39, 0.29) is 16.1 Å². The molecule has 0 aliphatic rings. The van der Waals surface area contributed by atoms with Gasteiger partial charge in [0.1, 0.15) is 5.75 Å². The molecule has 98 valence electrons. The average molecular weight is 324 g/mol. The van der Waals surface area contributed by atoms with Gasteiger partial charge in [-0.05, 0) is 47.1 Å². The van der Waals surface area contributed by atoms with Gasteiger partial charge in [-0.2, -0.15) is 0 Å². The van der Waals surface area contributed by atoms with Crippen molar-refractivity contribution < 1.29 is 22.7 Å². The predicted molar refractivity (Wildman–Crippen MR) is 64.3 cm³/mol. The Balaban J connectivity index is 2.82. The second-order valence-electron chi connectivity index (χ2n) is 3.18. The molecule has 1 aromatic rings. The fourth-order valence-corrected chi connectivity index (χ4v) is 1.58. The number of halogens is 4. The van der Waals surface area contributed by atoms with Crippen LogP contribution in [-0.2, 0) is 4.79 Å². The molecule has 0 fully saturated rings. The highest BCUT2D eigenvalue weighted by atomic mass is 79.9. The molecule has 0 saturated carbocycles. The topological polar surface area (TPSA) is 38.3 Å². The van der Waals surface area contributed by atoms with E-state index < -0.39 is 6.36 Å². The van der Waals surface area contributed by atoms with Gasteiger partial charge in [-0.3, -0.25) is 4.79 Å². The van der Waals surface area contributed by atoms with Crippen LogP contribution in [-0.4, -0.2) is 12.3 Å². The van der Waals surface area contributed by atoms with E-state index in [4.69, 9.17) is 0 Å². The van der Waals surface area contributed by atoms with Crippen LogP contribution < -0.4 is 10.1 Å². The molecule has 0 atom stereocenters. The van der Waals surface area contributed by atoms with Gasteiger partial charge in [0.25, 0.3) is 0 Å². The van der Waals surface area contributed by atoms with Crippen molar-refractivity contribution in [1.29, 1.82) is 0 Å². The van der Waals surface area contributed by atoms with Crippen LogP contribution in [0.5, 0.6) is 5.75 Å². The standard InChI is InChI=1S/C11H9BrF3NO2/c1-2-3-10(17)16-7-4-5-9(8(12)6-7)18-11(13,14)15/h2-6H,1H3,(H,16,17). The van der Waals surface area contributed by atoms with E-state index in [1.165, 1.54) is 18.2 Å². The molecule has 0 heterocycles. The van der Waals surface area contributed by atoms with E-state index in [1.807, 2.05) is 0 Å². The second kappa shape index (κ2) is 5.90. The van der Waals surface area contributed by atoms with Crippen LogP contribution in [0.4, 0.5) is 18.9 Å². The molecular weight excluding hydrogens is 315 g/mol. The summed E-state index contributed by atoms with van der Waals surface area (Å²) in [4.78, 5) is 11.2. The summed E-state index contributed by atoms with van der Waals surface area (Å²) in [5.41, 5.74) is 0.361. The van der Waals surface area contributed by atoms with Gasteiger partial charge < -0.3 is 10.1 Å². The van der Waals surface area contributed by atoms with Gasteiger partial charge in [-0.25, -0.2) is 0 Å². The minimum Gasteiger partial charge on any atom is -0.405 e. The summed E-state index contributed by atoms with van der Waals surface area (Å²) in [7, 11) is 0. The smallest absolute Gasteiger partial charge is 0.405 e. The van der Waals surface area contributed by atoms with Crippen molar-refractivity contribution >= 4 is 27.5 Å². The molecule has 18 heavy (non-hydrogen) atoms. The van der Waals surface area contributed by atoms with Crippen LogP contribution in [0.25, 0.3) is 0 Å². The predicted octanol–water partition coefficient (Wildman–Crippen LogP) is 3.86. The monoisotopic (exact) mass is 323 g/mol. The molecule has 0 radical (unpaired) electrons. The van der Waals surface area contributed by atoms with Gasteiger partial charge in [0.15, 0.2) is 0 Å². The summed E-state index contributed by atoms with van der Waals surface area (Å²) in [5.74, 6) is -0.736. The quantitative estimate of drug-likeness (QED) is 0.858. The van der Waals surface area contributed by atoms with Crippen molar-refractivity contribution in [2.45, 2.75) is 13.3 Å². The van der Waals surface area contributed by atoms with E-state index >= 15 is 0 Å². The summed E-state index contributed by atoms with van der Waals surface area (Å²) in [6.07, 6.45) is -1.90. The third kappa shape index (κ3) is 4.79. The van der Waals surface area contributed by atoms with Crippen LogP contribution in [0.15, 0.2) is 34.8 Å². The Morgan fingerprint density at radius 2 is 2.11 bits per heavy atom. The number of amides is 1. The lowest BCUT2D eigenvalue weighted by atomic mass is 10.3. The van der Waals surface area contributed by atoms with Gasteiger partial charge in [-0.1, -0.05) is 6.08 Å². The molecule has 1 aromatic carbocycles. The molecule has 0 spiro atoms. The number of anilines is 1. The van der Waals surface area contributed by atoms with Crippen molar-refractivity contribution in [2.75, 3.05) is 5.32 Å². The maximum absolute atomic E-state index is 12.0. The largest absolute Gasteiger partial charge is 0.573 e. The Morgan fingerprint density at radius 3 is 2.61 bits per heavy atom. The third-order valence-electron chi connectivity index (χ3n) is 1.74. The summed E-state index contributed by atoms with van der Waals surface area (Å²) in [5, 5.41) is 2.48. The number of nitrogens with one attached hydrogen (secondary N) is 1. The highest BCUT2D eigenvalue weighted by molar-refractivity contribution is 9.10. The number of ether oxygens (including phenoxy) is 1. The lowest BCUT2D eigenvalue weighted by molar-refractivity contribution is -0.274. The zero-order valence-electron chi connectivity index (χ0n) is 9.22. The molecule has 0 aliphatic heterocycles. The van der Waals surface area contributed by atoms with Gasteiger partial charge in [0, 0.05) is 5.69 Å². The van der Waals surface area contributed by atoms with Gasteiger partial charge >= 0.3 is 6.36 Å². The van der Waals surface area contributed by atoms with Crippen molar-refractivity contribution in [3.63, 3.8) is 0 Å². The fraction of sp³-hybridized carbons (Fsp3) is 0.182. The first-order chi connectivity index (χ1) is 8.31. The molecule has 3 nitrogen and oxygen atoms in total. The summed E-state index contributed by atoms with van der Waals surface area (Å²) < 4.78 is 39.9. The van der Waals surface area contributed by atoms with Crippen molar-refractivity contribution in [1.82, 2.24) is 0 Å². The Bertz CT molecular complexity index is 472. The first-order valence-corrected chi connectivity index (χ1v) is 5.60. The zero-order valence-corrected chi connectivity index (χ0v) is 10.8. The molecule has 0 aromatic heterocycles. The summed E-state index contributed by atoms with van der Waals surface area (Å²) in [6.45, 7) is 1.68. The maximum Gasteiger partial charge on any atom is 0.573 e. The normalized spacial score (nSPS) is 11.6. The second-order valence-corrected chi connectivity index (χ2v) is 4.04. The summed E-state index contributed by atoms with van der Waals surface area (Å²) in [6, 6.07) is 3.75. The number of hydrogen-bond donors (Lipinski definition) is 1. The molecule has 0 unspecified atom stereocenters. The molecule has 1 amide bonds. The number of carbonyl (C=O) groups excluding carboxylic acids is 1. The Hall–Kier alpha value is -1.50. The SMILES string of the molecule is CC=CC(=O)Nc1ccc(OC(F)(F)F)c(Br)c1. The molecule has 0 saturated heterocycles. The Kier molecular flexibility index (Phi) is 4.77. The molecular formula is C11H9BrF3NO2. The van der Waals surface area contributed by atoms with Crippen LogP contribution in [0.3, 0.4) is 0 Å². The van der Waals surface area contributed by atoms with Gasteiger partial charge in [0.05, 0.1) is 4.47 Å². The Morgan fingerprint density at radius 1 is 1.44 bits per heavy atom. The number of allylic oxidation sites excluding steroid dienone is 1. The highest BCUT2D eigenvalue weighted by Gasteiger charge is 2.31. The fourth-order valence-electron chi connectivity index (χ4n) is 1.12. The number of hydrogen-bond acceptors (Lipinski definition) is 2. The first-order valence-electron chi connectivity index (χ1n) is 4.81. The number of rotatable bonds is 3. The number of alkyl halides is 3. The van der Waals surface area contributed by atoms with E-state index in [9.17, 15) is 18.0 Å². The molecule has 7 heteroatoms. The van der Waals surface area contributed by atoms with E-state index in [2.05, 4.69) is 26.0 Å². The third-order valence-corrected chi connectivity index (χ3v) is 2.36. The van der Waals surface area contributed by atoms with E-state index in [0.717, 1.165) is 6.07 Å². The molecule has 1 rings (SSSR count). The van der Waals surface area contributed by atoms with Crippen LogP contribution in [0, 0.1) is 0 Å². The Labute approximate surface area is 110 Å². The van der Waals surface area contributed by atoms with Gasteiger partial charge in [0.2, 0.25) is 5.91 Å². The van der Waals surface area contributed by atoms with Gasteiger partial charge in [-0.15, -0.1) is 13.2 Å². The average Bonchev–Trinajstić information content (AvgIpc) is 2.21. The lowest BCUT2D eigenvalue weighted by Crippen LogP contribution is -2.17. The maximum atomic E-state index is 12.0. The van der Waals surface area contributed by atoms with Crippen molar-refractivity contribution in [3.8, 4) is 5.75 Å². The van der Waals surface area contributed by atoms with E-state index in [1.54, 1.807) is 13.0 Å². The van der Waals surface area contributed by atoms with Crippen LogP contribution >= 0.6 is 15.9 Å². The summed E-state index contributed by atoms with van der Waals surface area (Å²) >= 11 is 2.93. The zero-order chi connectivity index (χ0) is 13.8. The van der Waals surface area contributed by atoms with Crippen LogP contribution in [0.2, 0.25) is 0 Å². The van der Waals surface area contributed by atoms with Crippen molar-refractivity contribution in [3.05, 3.63) is 34.8 Å². The van der Waals surface area contributed by atoms with Crippen LogP contribution in [0.1, 0.15) is 6.92 Å². The highest BCUT2D eigenvalue weighted by Crippen LogP contribution is 2.32. The molecule has 0 bridgehead atoms.